The molecule has 0 aliphatic carbocycles. The van der Waals surface area contributed by atoms with Gasteiger partial charge in [0.15, 0.2) is 5.11 Å². The van der Waals surface area contributed by atoms with Crippen LogP contribution in [0.1, 0.15) is 15.9 Å². The summed E-state index contributed by atoms with van der Waals surface area (Å²) < 4.78 is 14.5. The molecule has 0 atom stereocenters. The normalized spacial score (nSPS) is 10.1. The molecule has 2 aromatic rings. The molecular formula is C15H11BrFN3O3S. The number of carbonyl (C=O) groups is 1. The third-order valence-corrected chi connectivity index (χ3v) is 4.13. The van der Waals surface area contributed by atoms with Crippen LogP contribution in [0.15, 0.2) is 40.9 Å². The number of amides is 1. The van der Waals surface area contributed by atoms with Gasteiger partial charge in [-0.25, -0.2) is 4.39 Å². The van der Waals surface area contributed by atoms with Gasteiger partial charge in [-0.3, -0.25) is 20.2 Å². The van der Waals surface area contributed by atoms with Crippen LogP contribution in [0.2, 0.25) is 0 Å². The number of aryl methyl sites for hydroxylation is 1. The van der Waals surface area contributed by atoms with E-state index in [9.17, 15) is 19.3 Å². The zero-order chi connectivity index (χ0) is 17.9. The number of anilines is 1. The highest BCUT2D eigenvalue weighted by Crippen LogP contribution is 2.21. The SMILES string of the molecule is Cc1ccc(C(=O)NC(=S)Nc2cc([N+](=O)[O-])ccc2F)cc1Br. The van der Waals surface area contributed by atoms with Crippen molar-refractivity contribution in [2.24, 2.45) is 0 Å². The number of nitro benzene ring substituents is 1. The Morgan fingerprint density at radius 2 is 2.00 bits per heavy atom. The number of nitrogens with one attached hydrogen (secondary N) is 2. The smallest absolute Gasteiger partial charge is 0.271 e. The topological polar surface area (TPSA) is 84.3 Å². The maximum absolute atomic E-state index is 13.7. The molecule has 0 spiro atoms. The van der Waals surface area contributed by atoms with Crippen LogP contribution in [-0.2, 0) is 0 Å². The van der Waals surface area contributed by atoms with Gasteiger partial charge in [-0.2, -0.15) is 0 Å². The summed E-state index contributed by atoms with van der Waals surface area (Å²) in [6.45, 7) is 1.88. The van der Waals surface area contributed by atoms with Crippen molar-refractivity contribution in [2.75, 3.05) is 5.32 Å². The molecule has 0 unspecified atom stereocenters. The molecule has 0 aliphatic rings. The summed E-state index contributed by atoms with van der Waals surface area (Å²) in [5, 5.41) is 15.4. The van der Waals surface area contributed by atoms with E-state index in [1.807, 2.05) is 6.92 Å². The van der Waals surface area contributed by atoms with Gasteiger partial charge in [0.1, 0.15) is 5.82 Å². The summed E-state index contributed by atoms with van der Waals surface area (Å²) in [4.78, 5) is 22.2. The van der Waals surface area contributed by atoms with E-state index in [1.165, 1.54) is 0 Å². The Bertz CT molecular complexity index is 845. The van der Waals surface area contributed by atoms with Gasteiger partial charge < -0.3 is 5.32 Å². The maximum Gasteiger partial charge on any atom is 0.271 e. The predicted molar refractivity (Wildman–Crippen MR) is 95.6 cm³/mol. The predicted octanol–water partition coefficient (Wildman–Crippen LogP) is 3.93. The number of rotatable bonds is 3. The summed E-state index contributed by atoms with van der Waals surface area (Å²) >= 11 is 8.27. The second kappa shape index (κ2) is 7.45. The van der Waals surface area contributed by atoms with Crippen molar-refractivity contribution in [3.05, 3.63) is 67.9 Å². The van der Waals surface area contributed by atoms with Gasteiger partial charge in [0.05, 0.1) is 10.6 Å². The number of hydrogen-bond acceptors (Lipinski definition) is 4. The summed E-state index contributed by atoms with van der Waals surface area (Å²) in [5.41, 5.74) is 0.831. The molecule has 0 radical (unpaired) electrons. The average molecular weight is 412 g/mol. The molecule has 0 aromatic heterocycles. The van der Waals surface area contributed by atoms with E-state index in [4.69, 9.17) is 12.2 Å². The highest BCUT2D eigenvalue weighted by molar-refractivity contribution is 9.10. The Morgan fingerprint density at radius 1 is 1.29 bits per heavy atom. The van der Waals surface area contributed by atoms with E-state index >= 15 is 0 Å². The van der Waals surface area contributed by atoms with E-state index < -0.39 is 16.6 Å². The summed E-state index contributed by atoms with van der Waals surface area (Å²) in [6, 6.07) is 7.98. The van der Waals surface area contributed by atoms with Crippen LogP contribution in [0.25, 0.3) is 0 Å². The Labute approximate surface area is 150 Å². The van der Waals surface area contributed by atoms with Crippen molar-refractivity contribution in [3.8, 4) is 0 Å². The number of non-ortho nitro benzene ring substituents is 1. The van der Waals surface area contributed by atoms with Crippen LogP contribution < -0.4 is 10.6 Å². The first-order valence-corrected chi connectivity index (χ1v) is 7.80. The molecule has 0 aliphatic heterocycles. The first-order valence-electron chi connectivity index (χ1n) is 6.60. The minimum absolute atomic E-state index is 0.170. The lowest BCUT2D eigenvalue weighted by Crippen LogP contribution is -2.34. The summed E-state index contributed by atoms with van der Waals surface area (Å²) in [6.07, 6.45) is 0. The molecule has 2 rings (SSSR count). The third kappa shape index (κ3) is 4.33. The second-order valence-electron chi connectivity index (χ2n) is 4.79. The fourth-order valence-corrected chi connectivity index (χ4v) is 2.37. The quantitative estimate of drug-likeness (QED) is 0.454. The Kier molecular flexibility index (Phi) is 5.58. The van der Waals surface area contributed by atoms with Crippen molar-refractivity contribution >= 4 is 50.5 Å². The molecule has 0 saturated carbocycles. The molecule has 9 heteroatoms. The van der Waals surface area contributed by atoms with Gasteiger partial charge in [-0.1, -0.05) is 22.0 Å². The van der Waals surface area contributed by atoms with Crippen molar-refractivity contribution < 1.29 is 14.1 Å². The number of carbonyl (C=O) groups excluding carboxylic acids is 1. The maximum atomic E-state index is 13.7. The van der Waals surface area contributed by atoms with E-state index in [-0.39, 0.29) is 16.5 Å². The van der Waals surface area contributed by atoms with E-state index in [0.717, 1.165) is 28.2 Å². The molecule has 1 amide bonds. The lowest BCUT2D eigenvalue weighted by Gasteiger charge is -2.10. The van der Waals surface area contributed by atoms with Crippen molar-refractivity contribution in [1.29, 1.82) is 0 Å². The molecular weight excluding hydrogens is 401 g/mol. The zero-order valence-corrected chi connectivity index (χ0v) is 14.7. The Morgan fingerprint density at radius 3 is 2.62 bits per heavy atom. The van der Waals surface area contributed by atoms with Crippen LogP contribution in [0.3, 0.4) is 0 Å². The summed E-state index contributed by atoms with van der Waals surface area (Å²) in [5.74, 6) is -1.21. The molecule has 24 heavy (non-hydrogen) atoms. The highest BCUT2D eigenvalue weighted by Gasteiger charge is 2.14. The van der Waals surface area contributed by atoms with E-state index in [2.05, 4.69) is 26.6 Å². The number of hydrogen-bond donors (Lipinski definition) is 2. The van der Waals surface area contributed by atoms with Crippen molar-refractivity contribution in [3.63, 3.8) is 0 Å². The third-order valence-electron chi connectivity index (χ3n) is 3.07. The first-order chi connectivity index (χ1) is 11.3. The van der Waals surface area contributed by atoms with Crippen LogP contribution >= 0.6 is 28.1 Å². The van der Waals surface area contributed by atoms with Gasteiger partial charge in [0.25, 0.3) is 11.6 Å². The zero-order valence-electron chi connectivity index (χ0n) is 12.3. The second-order valence-corrected chi connectivity index (χ2v) is 6.06. The van der Waals surface area contributed by atoms with Gasteiger partial charge in [-0.05, 0) is 42.9 Å². The Hall–Kier alpha value is -2.39. The van der Waals surface area contributed by atoms with Crippen LogP contribution in [-0.4, -0.2) is 15.9 Å². The van der Waals surface area contributed by atoms with Gasteiger partial charge >= 0.3 is 0 Å². The van der Waals surface area contributed by atoms with E-state index in [0.29, 0.717) is 5.56 Å². The molecule has 0 bridgehead atoms. The molecule has 6 nitrogen and oxygen atoms in total. The summed E-state index contributed by atoms with van der Waals surface area (Å²) in [7, 11) is 0. The standard InChI is InChI=1S/C15H11BrFN3O3S/c1-8-2-3-9(6-11(8)16)14(21)19-15(24)18-13-7-10(20(22)23)4-5-12(13)17/h2-7H,1H3,(H2,18,19,21,24). The van der Waals surface area contributed by atoms with Crippen LogP contribution in [0.5, 0.6) is 0 Å². The fourth-order valence-electron chi connectivity index (χ4n) is 1.79. The number of benzene rings is 2. The van der Waals surface area contributed by atoms with Gasteiger partial charge in [0.2, 0.25) is 0 Å². The average Bonchev–Trinajstić information content (AvgIpc) is 2.51. The molecule has 0 fully saturated rings. The van der Waals surface area contributed by atoms with Crippen molar-refractivity contribution in [1.82, 2.24) is 5.32 Å². The number of nitrogens with zero attached hydrogens (tertiary/aromatic N) is 1. The van der Waals surface area contributed by atoms with E-state index in [1.54, 1.807) is 18.2 Å². The van der Waals surface area contributed by atoms with Crippen molar-refractivity contribution in [2.45, 2.75) is 6.92 Å². The molecule has 124 valence electrons. The number of thiocarbonyl (C=S) groups is 1. The molecule has 0 saturated heterocycles. The number of nitro groups is 1. The minimum atomic E-state index is -0.727. The molecule has 2 aromatic carbocycles. The first kappa shape index (κ1) is 18.0. The minimum Gasteiger partial charge on any atom is -0.330 e. The van der Waals surface area contributed by atoms with Crippen LogP contribution in [0.4, 0.5) is 15.8 Å². The molecule has 2 N–H and O–H groups in total. The largest absolute Gasteiger partial charge is 0.330 e. The van der Waals surface area contributed by atoms with Gasteiger partial charge in [-0.15, -0.1) is 0 Å². The molecule has 0 heterocycles. The lowest BCUT2D eigenvalue weighted by atomic mass is 10.1. The Balaban J connectivity index is 2.10. The fraction of sp³-hybridized carbons (Fsp3) is 0.0667. The number of halogens is 2. The highest BCUT2D eigenvalue weighted by atomic mass is 79.9. The van der Waals surface area contributed by atoms with Crippen LogP contribution in [0, 0.1) is 22.9 Å². The van der Waals surface area contributed by atoms with Gasteiger partial charge in [0, 0.05) is 22.2 Å². The monoisotopic (exact) mass is 411 g/mol. The lowest BCUT2D eigenvalue weighted by molar-refractivity contribution is -0.384.